The standard InChI is InChI=1S/C7H11NO4/c1-3-4-12-7(11)8(2)5-6(9)10/h3H,1,4-5H2,2H3,(H,9,10). The molecule has 0 aliphatic heterocycles. The van der Waals surface area contributed by atoms with E-state index in [0.29, 0.717) is 0 Å². The molecule has 5 heteroatoms. The molecule has 0 aliphatic carbocycles. The summed E-state index contributed by atoms with van der Waals surface area (Å²) in [6.45, 7) is 3.06. The summed E-state index contributed by atoms with van der Waals surface area (Å²) in [5.41, 5.74) is 0. The lowest BCUT2D eigenvalue weighted by atomic mass is 10.6. The van der Waals surface area contributed by atoms with E-state index in [4.69, 9.17) is 5.11 Å². The fraction of sp³-hybridized carbons (Fsp3) is 0.429. The lowest BCUT2D eigenvalue weighted by molar-refractivity contribution is -0.137. The van der Waals surface area contributed by atoms with Crippen molar-refractivity contribution in [3.8, 4) is 0 Å². The summed E-state index contributed by atoms with van der Waals surface area (Å²) in [6, 6.07) is 0. The molecular weight excluding hydrogens is 162 g/mol. The Morgan fingerprint density at radius 1 is 1.67 bits per heavy atom. The van der Waals surface area contributed by atoms with Gasteiger partial charge in [-0.15, -0.1) is 0 Å². The molecule has 12 heavy (non-hydrogen) atoms. The summed E-state index contributed by atoms with van der Waals surface area (Å²) < 4.78 is 4.56. The van der Waals surface area contributed by atoms with E-state index in [0.717, 1.165) is 4.90 Å². The van der Waals surface area contributed by atoms with Crippen LogP contribution in [0.3, 0.4) is 0 Å². The van der Waals surface area contributed by atoms with Gasteiger partial charge in [-0.1, -0.05) is 12.7 Å². The average molecular weight is 173 g/mol. The number of ether oxygens (including phenoxy) is 1. The Balaban J connectivity index is 3.76. The third-order valence-electron chi connectivity index (χ3n) is 1.01. The highest BCUT2D eigenvalue weighted by molar-refractivity contribution is 5.76. The minimum absolute atomic E-state index is 0.0861. The minimum atomic E-state index is -1.08. The second-order valence-electron chi connectivity index (χ2n) is 2.12. The Morgan fingerprint density at radius 2 is 2.25 bits per heavy atom. The van der Waals surface area contributed by atoms with Crippen molar-refractivity contribution in [1.29, 1.82) is 0 Å². The number of hydrogen-bond acceptors (Lipinski definition) is 3. The molecule has 68 valence electrons. The molecule has 0 rings (SSSR count). The quantitative estimate of drug-likeness (QED) is 0.622. The minimum Gasteiger partial charge on any atom is -0.480 e. The van der Waals surface area contributed by atoms with Crippen molar-refractivity contribution in [2.24, 2.45) is 0 Å². The van der Waals surface area contributed by atoms with Crippen molar-refractivity contribution in [3.63, 3.8) is 0 Å². The number of rotatable bonds is 4. The number of aliphatic carboxylic acids is 1. The monoisotopic (exact) mass is 173 g/mol. The van der Waals surface area contributed by atoms with E-state index in [2.05, 4.69) is 11.3 Å². The zero-order valence-electron chi connectivity index (χ0n) is 6.82. The molecule has 5 nitrogen and oxygen atoms in total. The maximum Gasteiger partial charge on any atom is 0.410 e. The molecule has 0 bridgehead atoms. The smallest absolute Gasteiger partial charge is 0.410 e. The van der Waals surface area contributed by atoms with Gasteiger partial charge < -0.3 is 14.7 Å². The molecule has 0 spiro atoms. The third kappa shape index (κ3) is 4.32. The predicted octanol–water partition coefficient (Wildman–Crippen LogP) is 0.325. The molecule has 0 saturated carbocycles. The van der Waals surface area contributed by atoms with Crippen LogP contribution in [0.15, 0.2) is 12.7 Å². The second kappa shape index (κ2) is 5.17. The van der Waals surface area contributed by atoms with Gasteiger partial charge in [0.05, 0.1) is 0 Å². The predicted molar refractivity (Wildman–Crippen MR) is 41.8 cm³/mol. The molecule has 1 N–H and O–H groups in total. The van der Waals surface area contributed by atoms with Crippen molar-refractivity contribution in [1.82, 2.24) is 4.90 Å². The molecule has 0 radical (unpaired) electrons. The van der Waals surface area contributed by atoms with Gasteiger partial charge in [0, 0.05) is 7.05 Å². The van der Waals surface area contributed by atoms with E-state index in [9.17, 15) is 9.59 Å². The highest BCUT2D eigenvalue weighted by Gasteiger charge is 2.11. The normalized spacial score (nSPS) is 8.75. The molecule has 0 atom stereocenters. The summed E-state index contributed by atoms with van der Waals surface area (Å²) in [5, 5.41) is 8.29. The van der Waals surface area contributed by atoms with E-state index in [1.54, 1.807) is 0 Å². The van der Waals surface area contributed by atoms with E-state index in [1.165, 1.54) is 13.1 Å². The number of likely N-dealkylation sites (N-methyl/N-ethyl adjacent to an activating group) is 1. The van der Waals surface area contributed by atoms with Crippen molar-refractivity contribution in [2.75, 3.05) is 20.2 Å². The highest BCUT2D eigenvalue weighted by atomic mass is 16.6. The van der Waals surface area contributed by atoms with Gasteiger partial charge in [-0.25, -0.2) is 4.79 Å². The Morgan fingerprint density at radius 3 is 2.67 bits per heavy atom. The van der Waals surface area contributed by atoms with Gasteiger partial charge in [-0.3, -0.25) is 4.79 Å². The van der Waals surface area contributed by atoms with Crippen LogP contribution in [-0.2, 0) is 9.53 Å². The van der Waals surface area contributed by atoms with Crippen molar-refractivity contribution in [3.05, 3.63) is 12.7 Å². The number of hydrogen-bond donors (Lipinski definition) is 1. The molecule has 0 fully saturated rings. The molecule has 0 aliphatic rings. The molecule has 0 saturated heterocycles. The van der Waals surface area contributed by atoms with Gasteiger partial charge in [0.2, 0.25) is 0 Å². The van der Waals surface area contributed by atoms with Gasteiger partial charge in [0.15, 0.2) is 0 Å². The molecule has 0 heterocycles. The van der Waals surface area contributed by atoms with Crippen LogP contribution in [0.4, 0.5) is 4.79 Å². The van der Waals surface area contributed by atoms with Crippen LogP contribution in [0, 0.1) is 0 Å². The second-order valence-corrected chi connectivity index (χ2v) is 2.12. The van der Waals surface area contributed by atoms with Crippen molar-refractivity contribution in [2.45, 2.75) is 0 Å². The maximum atomic E-state index is 10.8. The van der Waals surface area contributed by atoms with Gasteiger partial charge in [0.1, 0.15) is 13.2 Å². The summed E-state index contributed by atoms with van der Waals surface area (Å²) in [7, 11) is 1.35. The molecule has 0 aromatic heterocycles. The Kier molecular flexibility index (Phi) is 4.52. The summed E-state index contributed by atoms with van der Waals surface area (Å²) in [5.74, 6) is -1.08. The summed E-state index contributed by atoms with van der Waals surface area (Å²) in [4.78, 5) is 21.9. The topological polar surface area (TPSA) is 66.8 Å². The SMILES string of the molecule is C=CCOC(=O)N(C)CC(=O)O. The summed E-state index contributed by atoms with van der Waals surface area (Å²) in [6.07, 6.45) is 0.740. The van der Waals surface area contributed by atoms with Crippen LogP contribution in [0.2, 0.25) is 0 Å². The van der Waals surface area contributed by atoms with Crippen LogP contribution in [0.5, 0.6) is 0 Å². The molecular formula is C7H11NO4. The Hall–Kier alpha value is -1.52. The fourth-order valence-electron chi connectivity index (χ4n) is 0.508. The Labute approximate surface area is 70.2 Å². The maximum absolute atomic E-state index is 10.8. The van der Waals surface area contributed by atoms with Crippen molar-refractivity contribution < 1.29 is 19.4 Å². The largest absolute Gasteiger partial charge is 0.480 e. The van der Waals surface area contributed by atoms with E-state index in [1.807, 2.05) is 0 Å². The van der Waals surface area contributed by atoms with Gasteiger partial charge in [-0.2, -0.15) is 0 Å². The molecule has 0 aromatic rings. The Bertz CT molecular complexity index is 190. The number of carboxylic acids is 1. The first kappa shape index (κ1) is 10.5. The summed E-state index contributed by atoms with van der Waals surface area (Å²) >= 11 is 0. The third-order valence-corrected chi connectivity index (χ3v) is 1.01. The zero-order chi connectivity index (χ0) is 9.56. The number of carbonyl (C=O) groups is 2. The number of carbonyl (C=O) groups excluding carboxylic acids is 1. The molecule has 1 amide bonds. The average Bonchev–Trinajstić information content (AvgIpc) is 1.98. The lowest BCUT2D eigenvalue weighted by Gasteiger charge is -2.12. The van der Waals surface area contributed by atoms with Crippen LogP contribution in [-0.4, -0.2) is 42.3 Å². The van der Waals surface area contributed by atoms with E-state index < -0.39 is 12.1 Å². The first-order chi connectivity index (χ1) is 5.57. The number of carboxylic acid groups (broad SMARTS) is 1. The zero-order valence-corrected chi connectivity index (χ0v) is 6.82. The van der Waals surface area contributed by atoms with Gasteiger partial charge >= 0.3 is 12.1 Å². The van der Waals surface area contributed by atoms with Gasteiger partial charge in [0.25, 0.3) is 0 Å². The molecule has 0 aromatic carbocycles. The van der Waals surface area contributed by atoms with Crippen LogP contribution in [0.1, 0.15) is 0 Å². The van der Waals surface area contributed by atoms with Crippen molar-refractivity contribution >= 4 is 12.1 Å². The molecule has 0 unspecified atom stereocenters. The number of amides is 1. The first-order valence-corrected chi connectivity index (χ1v) is 3.28. The highest BCUT2D eigenvalue weighted by Crippen LogP contribution is 1.89. The number of nitrogens with zero attached hydrogens (tertiary/aromatic N) is 1. The first-order valence-electron chi connectivity index (χ1n) is 3.28. The van der Waals surface area contributed by atoms with E-state index in [-0.39, 0.29) is 13.2 Å². The van der Waals surface area contributed by atoms with Crippen LogP contribution < -0.4 is 0 Å². The van der Waals surface area contributed by atoms with Gasteiger partial charge in [-0.05, 0) is 0 Å². The van der Waals surface area contributed by atoms with Crippen LogP contribution >= 0.6 is 0 Å². The fourth-order valence-corrected chi connectivity index (χ4v) is 0.508. The van der Waals surface area contributed by atoms with E-state index >= 15 is 0 Å². The lowest BCUT2D eigenvalue weighted by Crippen LogP contribution is -2.32. The van der Waals surface area contributed by atoms with Crippen LogP contribution in [0.25, 0.3) is 0 Å².